The van der Waals surface area contributed by atoms with Gasteiger partial charge in [-0.1, -0.05) is 12.1 Å². The first kappa shape index (κ1) is 14.4. The fourth-order valence-corrected chi connectivity index (χ4v) is 2.00. The molecule has 1 atom stereocenters. The van der Waals surface area contributed by atoms with Crippen LogP contribution in [-0.4, -0.2) is 44.4 Å². The van der Waals surface area contributed by atoms with Gasteiger partial charge in [0.25, 0.3) is 5.91 Å². The molecule has 0 aliphatic rings. The zero-order chi connectivity index (χ0) is 14.5. The van der Waals surface area contributed by atoms with Crippen molar-refractivity contribution in [2.75, 3.05) is 33.1 Å². The molecular formula is C14H19N3O3. The van der Waals surface area contributed by atoms with Crippen LogP contribution in [0.1, 0.15) is 10.5 Å². The lowest BCUT2D eigenvalue weighted by molar-refractivity contribution is 0.0285. The first-order valence-corrected chi connectivity index (χ1v) is 6.33. The number of anilines is 1. The Kier molecular flexibility index (Phi) is 4.60. The molecule has 1 unspecified atom stereocenters. The van der Waals surface area contributed by atoms with E-state index >= 15 is 0 Å². The second-order valence-corrected chi connectivity index (χ2v) is 4.52. The fraction of sp³-hybridized carbons (Fsp3) is 0.357. The summed E-state index contributed by atoms with van der Waals surface area (Å²) >= 11 is 0. The Morgan fingerprint density at radius 2 is 2.25 bits per heavy atom. The van der Waals surface area contributed by atoms with E-state index in [1.165, 1.54) is 0 Å². The molecule has 1 aromatic carbocycles. The number of H-pyrrole nitrogens is 1. The number of nitrogens with one attached hydrogen (secondary N) is 2. The molecule has 0 spiro atoms. The maximum Gasteiger partial charge on any atom is 0.267 e. The number of methoxy groups -OCH3 is 2. The molecule has 0 aliphatic carbocycles. The molecule has 0 fully saturated rings. The lowest BCUT2D eigenvalue weighted by Gasteiger charge is -2.14. The molecule has 0 saturated heterocycles. The SMILES string of the molecule is COCC(CNC(=O)c1cc2cccc(N)c2[nH]1)OC. The van der Waals surface area contributed by atoms with Crippen LogP contribution in [0.5, 0.6) is 0 Å². The molecule has 1 heterocycles. The Hall–Kier alpha value is -2.05. The van der Waals surface area contributed by atoms with Crippen LogP contribution in [0.2, 0.25) is 0 Å². The Bertz CT molecular complexity index is 594. The minimum atomic E-state index is -0.196. The predicted molar refractivity (Wildman–Crippen MR) is 77.7 cm³/mol. The van der Waals surface area contributed by atoms with E-state index in [2.05, 4.69) is 10.3 Å². The standard InChI is InChI=1S/C14H19N3O3/c1-19-8-10(20-2)7-16-14(18)12-6-9-4-3-5-11(15)13(9)17-12/h3-6,10,17H,7-8,15H2,1-2H3,(H,16,18). The predicted octanol–water partition coefficient (Wildman–Crippen LogP) is 1.14. The summed E-state index contributed by atoms with van der Waals surface area (Å²) in [6.07, 6.45) is -0.168. The molecule has 0 bridgehead atoms. The third-order valence-electron chi connectivity index (χ3n) is 3.11. The van der Waals surface area contributed by atoms with Gasteiger partial charge in [-0.25, -0.2) is 0 Å². The number of nitrogens with two attached hydrogens (primary N) is 1. The van der Waals surface area contributed by atoms with Crippen LogP contribution in [0, 0.1) is 0 Å². The number of hydrogen-bond donors (Lipinski definition) is 3. The van der Waals surface area contributed by atoms with Gasteiger partial charge in [-0.2, -0.15) is 0 Å². The zero-order valence-corrected chi connectivity index (χ0v) is 11.6. The normalized spacial score (nSPS) is 12.5. The lowest BCUT2D eigenvalue weighted by atomic mass is 10.2. The summed E-state index contributed by atoms with van der Waals surface area (Å²) in [6.45, 7) is 0.810. The van der Waals surface area contributed by atoms with Gasteiger partial charge in [-0.05, 0) is 12.1 Å². The number of aromatic nitrogens is 1. The number of hydrogen-bond acceptors (Lipinski definition) is 4. The van der Waals surface area contributed by atoms with E-state index < -0.39 is 0 Å². The van der Waals surface area contributed by atoms with E-state index in [-0.39, 0.29) is 12.0 Å². The van der Waals surface area contributed by atoms with Gasteiger partial charge in [-0.3, -0.25) is 4.79 Å². The molecule has 0 saturated carbocycles. The van der Waals surface area contributed by atoms with Crippen LogP contribution < -0.4 is 11.1 Å². The van der Waals surface area contributed by atoms with Crippen molar-refractivity contribution in [1.82, 2.24) is 10.3 Å². The molecule has 2 rings (SSSR count). The highest BCUT2D eigenvalue weighted by Gasteiger charge is 2.13. The fourth-order valence-electron chi connectivity index (χ4n) is 2.00. The third-order valence-corrected chi connectivity index (χ3v) is 3.11. The van der Waals surface area contributed by atoms with Crippen LogP contribution in [0.25, 0.3) is 10.9 Å². The number of carbonyl (C=O) groups excluding carboxylic acids is 1. The summed E-state index contributed by atoms with van der Waals surface area (Å²) in [4.78, 5) is 15.1. The number of para-hydroxylation sites is 1. The smallest absolute Gasteiger partial charge is 0.267 e. The topological polar surface area (TPSA) is 89.4 Å². The van der Waals surface area contributed by atoms with Crippen molar-refractivity contribution in [2.45, 2.75) is 6.10 Å². The van der Waals surface area contributed by atoms with E-state index in [0.29, 0.717) is 24.5 Å². The molecule has 6 heteroatoms. The number of fused-ring (bicyclic) bond motifs is 1. The molecule has 108 valence electrons. The van der Waals surface area contributed by atoms with Gasteiger partial charge in [-0.15, -0.1) is 0 Å². The highest BCUT2D eigenvalue weighted by molar-refractivity contribution is 6.00. The number of amides is 1. The molecule has 4 N–H and O–H groups in total. The quantitative estimate of drug-likeness (QED) is 0.691. The second kappa shape index (κ2) is 6.40. The Balaban J connectivity index is 2.06. The van der Waals surface area contributed by atoms with Crippen molar-refractivity contribution in [3.8, 4) is 0 Å². The molecule has 1 amide bonds. The van der Waals surface area contributed by atoms with Gasteiger partial charge < -0.3 is 25.5 Å². The molecule has 20 heavy (non-hydrogen) atoms. The van der Waals surface area contributed by atoms with Gasteiger partial charge in [0.05, 0.1) is 23.9 Å². The number of benzene rings is 1. The third kappa shape index (κ3) is 3.09. The highest BCUT2D eigenvalue weighted by atomic mass is 16.5. The average molecular weight is 277 g/mol. The van der Waals surface area contributed by atoms with Gasteiger partial charge >= 0.3 is 0 Å². The Labute approximate surface area is 117 Å². The number of rotatable bonds is 6. The molecule has 0 radical (unpaired) electrons. The van der Waals surface area contributed by atoms with Crippen molar-refractivity contribution >= 4 is 22.5 Å². The van der Waals surface area contributed by atoms with E-state index in [4.69, 9.17) is 15.2 Å². The van der Waals surface area contributed by atoms with E-state index in [1.54, 1.807) is 26.4 Å². The van der Waals surface area contributed by atoms with Crippen molar-refractivity contribution in [3.05, 3.63) is 30.0 Å². The summed E-state index contributed by atoms with van der Waals surface area (Å²) < 4.78 is 10.2. The maximum atomic E-state index is 12.1. The summed E-state index contributed by atoms with van der Waals surface area (Å²) in [5.41, 5.74) is 7.73. The molecule has 1 aromatic heterocycles. The molecule has 6 nitrogen and oxygen atoms in total. The molecule has 2 aromatic rings. The highest BCUT2D eigenvalue weighted by Crippen LogP contribution is 2.20. The van der Waals surface area contributed by atoms with Crippen molar-refractivity contribution in [3.63, 3.8) is 0 Å². The van der Waals surface area contributed by atoms with Gasteiger partial charge in [0.15, 0.2) is 0 Å². The van der Waals surface area contributed by atoms with Crippen LogP contribution >= 0.6 is 0 Å². The number of nitrogen functional groups attached to an aromatic ring is 1. The monoisotopic (exact) mass is 277 g/mol. The van der Waals surface area contributed by atoms with Crippen LogP contribution in [-0.2, 0) is 9.47 Å². The van der Waals surface area contributed by atoms with Crippen LogP contribution in [0.15, 0.2) is 24.3 Å². The van der Waals surface area contributed by atoms with Crippen LogP contribution in [0.3, 0.4) is 0 Å². The summed E-state index contributed by atoms with van der Waals surface area (Å²) in [5.74, 6) is -0.196. The Morgan fingerprint density at radius 1 is 1.45 bits per heavy atom. The first-order valence-electron chi connectivity index (χ1n) is 6.33. The van der Waals surface area contributed by atoms with E-state index in [1.807, 2.05) is 12.1 Å². The summed E-state index contributed by atoms with van der Waals surface area (Å²) in [7, 11) is 3.17. The summed E-state index contributed by atoms with van der Waals surface area (Å²) in [5, 5.41) is 3.71. The number of ether oxygens (including phenoxy) is 2. The second-order valence-electron chi connectivity index (χ2n) is 4.52. The number of aromatic amines is 1. The van der Waals surface area contributed by atoms with Crippen molar-refractivity contribution in [1.29, 1.82) is 0 Å². The average Bonchev–Trinajstić information content (AvgIpc) is 2.88. The lowest BCUT2D eigenvalue weighted by Crippen LogP contribution is -2.35. The summed E-state index contributed by atoms with van der Waals surface area (Å²) in [6, 6.07) is 7.33. The van der Waals surface area contributed by atoms with Crippen molar-refractivity contribution in [2.24, 2.45) is 0 Å². The van der Waals surface area contributed by atoms with Crippen LogP contribution in [0.4, 0.5) is 5.69 Å². The van der Waals surface area contributed by atoms with E-state index in [9.17, 15) is 4.79 Å². The minimum absolute atomic E-state index is 0.168. The molecular weight excluding hydrogens is 258 g/mol. The van der Waals surface area contributed by atoms with Gasteiger partial charge in [0.1, 0.15) is 5.69 Å². The van der Waals surface area contributed by atoms with Gasteiger partial charge in [0, 0.05) is 26.2 Å². The minimum Gasteiger partial charge on any atom is -0.397 e. The van der Waals surface area contributed by atoms with Gasteiger partial charge in [0.2, 0.25) is 0 Å². The van der Waals surface area contributed by atoms with Crippen molar-refractivity contribution < 1.29 is 14.3 Å². The zero-order valence-electron chi connectivity index (χ0n) is 11.6. The first-order chi connectivity index (χ1) is 9.65. The maximum absolute atomic E-state index is 12.1. The number of carbonyl (C=O) groups is 1. The molecule has 0 aliphatic heterocycles. The van der Waals surface area contributed by atoms with E-state index in [0.717, 1.165) is 10.9 Å². The largest absolute Gasteiger partial charge is 0.397 e. The Morgan fingerprint density at radius 3 is 2.90 bits per heavy atom.